The maximum atomic E-state index is 13.9. The molecule has 1 aromatic rings. The second kappa shape index (κ2) is 16.4. The molecule has 0 spiro atoms. The van der Waals surface area contributed by atoms with Crippen LogP contribution in [-0.2, 0) is 30.4 Å². The van der Waals surface area contributed by atoms with Gasteiger partial charge in [0, 0.05) is 19.5 Å². The molecule has 4 amide bonds. The summed E-state index contributed by atoms with van der Waals surface area (Å²) in [6.07, 6.45) is 3.74. The molecule has 244 valence electrons. The largest absolute Gasteiger partial charge is 0.493 e. The average molecular weight is 615 g/mol. The number of carbonyl (C=O) groups excluding carboxylic acids is 5. The number of likely N-dealkylation sites (tertiary alicyclic amines) is 1. The highest BCUT2D eigenvalue weighted by Crippen LogP contribution is 2.26. The van der Waals surface area contributed by atoms with E-state index in [1.807, 2.05) is 27.7 Å². The Morgan fingerprint density at radius 2 is 1.84 bits per heavy atom. The van der Waals surface area contributed by atoms with Gasteiger partial charge < -0.3 is 30.7 Å². The first kappa shape index (κ1) is 36.5. The summed E-state index contributed by atoms with van der Waals surface area (Å²) in [5, 5.41) is 17.9. The number of ketones is 1. The lowest BCUT2D eigenvalue weighted by Gasteiger charge is -2.35. The molecule has 11 nitrogen and oxygen atoms in total. The SMILES string of the molecule is C=CCNC(=O)C(=O)C(CCC)NC(=O)[C@@H]1CCCN1C(=O)[C@@H](NC(=O)Cc1cccc(OCCC(C)(C)O)c1)C(C)(C)C. The number of carbonyl (C=O) groups is 5. The number of nitrogens with zero attached hydrogens (tertiary/aromatic N) is 1. The first-order chi connectivity index (χ1) is 20.6. The van der Waals surface area contributed by atoms with E-state index in [9.17, 15) is 29.1 Å². The number of rotatable bonds is 16. The van der Waals surface area contributed by atoms with E-state index in [-0.39, 0.29) is 31.2 Å². The van der Waals surface area contributed by atoms with Gasteiger partial charge in [0.1, 0.15) is 17.8 Å². The number of Topliss-reactive ketones (excluding diaryl/α,β-unsaturated/α-hetero) is 1. The van der Waals surface area contributed by atoms with Crippen LogP contribution >= 0.6 is 0 Å². The van der Waals surface area contributed by atoms with Crippen LogP contribution in [0, 0.1) is 5.41 Å². The van der Waals surface area contributed by atoms with Gasteiger partial charge >= 0.3 is 0 Å². The van der Waals surface area contributed by atoms with Gasteiger partial charge in [-0.15, -0.1) is 6.58 Å². The third-order valence-corrected chi connectivity index (χ3v) is 7.34. The molecule has 1 aliphatic heterocycles. The summed E-state index contributed by atoms with van der Waals surface area (Å²) in [5.74, 6) is -2.21. The molecule has 1 fully saturated rings. The van der Waals surface area contributed by atoms with E-state index in [0.29, 0.717) is 50.1 Å². The van der Waals surface area contributed by atoms with Crippen molar-refractivity contribution >= 4 is 29.4 Å². The van der Waals surface area contributed by atoms with Gasteiger partial charge in [0.25, 0.3) is 5.91 Å². The van der Waals surface area contributed by atoms with Crippen LogP contribution in [0.25, 0.3) is 0 Å². The highest BCUT2D eigenvalue weighted by atomic mass is 16.5. The monoisotopic (exact) mass is 614 g/mol. The first-order valence-corrected chi connectivity index (χ1v) is 15.3. The Balaban J connectivity index is 2.12. The van der Waals surface area contributed by atoms with Crippen molar-refractivity contribution in [1.29, 1.82) is 0 Å². The molecule has 1 aliphatic rings. The van der Waals surface area contributed by atoms with Gasteiger partial charge in [0.05, 0.1) is 24.7 Å². The molecule has 11 heteroatoms. The second-order valence-corrected chi connectivity index (χ2v) is 13.0. The van der Waals surface area contributed by atoms with Gasteiger partial charge in [-0.3, -0.25) is 24.0 Å². The fourth-order valence-electron chi connectivity index (χ4n) is 4.91. The van der Waals surface area contributed by atoms with E-state index in [1.165, 1.54) is 11.0 Å². The number of nitrogens with one attached hydrogen (secondary N) is 3. The Hall–Kier alpha value is -3.73. The molecule has 1 aromatic carbocycles. The molecule has 44 heavy (non-hydrogen) atoms. The maximum absolute atomic E-state index is 13.9. The van der Waals surface area contributed by atoms with Crippen molar-refractivity contribution in [2.75, 3.05) is 19.7 Å². The standard InChI is InChI=1S/C33H50N4O7/c1-8-12-24(27(39)30(41)34-17-9-2)35-29(40)25-15-11-18-37(25)31(42)28(32(3,4)5)36-26(38)21-22-13-10-14-23(20-22)44-19-16-33(6,7)43/h9-10,13-14,20,24-25,28,43H,2,8,11-12,15-19,21H2,1,3-7H3,(H,34,41)(H,35,40)(H,36,38)/t24?,25-,28+/m0/s1. The number of hydrogen-bond acceptors (Lipinski definition) is 7. The van der Waals surface area contributed by atoms with Gasteiger partial charge in [-0.05, 0) is 56.2 Å². The predicted octanol–water partition coefficient (Wildman–Crippen LogP) is 2.45. The molecule has 4 N–H and O–H groups in total. The van der Waals surface area contributed by atoms with Crippen LogP contribution in [0.1, 0.15) is 79.2 Å². The molecule has 1 saturated heterocycles. The number of ether oxygens (including phenoxy) is 1. The molecule has 0 saturated carbocycles. The van der Waals surface area contributed by atoms with Crippen LogP contribution < -0.4 is 20.7 Å². The van der Waals surface area contributed by atoms with Crippen LogP contribution in [-0.4, -0.2) is 82.8 Å². The Bertz CT molecular complexity index is 1190. The molecule has 2 rings (SSSR count). The zero-order valence-corrected chi connectivity index (χ0v) is 27.0. The lowest BCUT2D eigenvalue weighted by atomic mass is 9.85. The average Bonchev–Trinajstić information content (AvgIpc) is 3.43. The zero-order valence-electron chi connectivity index (χ0n) is 27.0. The van der Waals surface area contributed by atoms with Crippen molar-refractivity contribution < 1.29 is 33.8 Å². The minimum Gasteiger partial charge on any atom is -0.493 e. The highest BCUT2D eigenvalue weighted by Gasteiger charge is 2.42. The Kier molecular flexibility index (Phi) is 13.6. The number of amides is 4. The van der Waals surface area contributed by atoms with Gasteiger partial charge in [-0.25, -0.2) is 0 Å². The smallest absolute Gasteiger partial charge is 0.289 e. The zero-order chi connectivity index (χ0) is 33.1. The number of aliphatic hydroxyl groups is 1. The fraction of sp³-hybridized carbons (Fsp3) is 0.606. The molecule has 0 aromatic heterocycles. The van der Waals surface area contributed by atoms with Crippen LogP contribution in [0.5, 0.6) is 5.75 Å². The van der Waals surface area contributed by atoms with Crippen LogP contribution in [0.4, 0.5) is 0 Å². The number of hydrogen-bond donors (Lipinski definition) is 4. The quantitative estimate of drug-likeness (QED) is 0.165. The Morgan fingerprint density at radius 3 is 2.45 bits per heavy atom. The molecular formula is C33H50N4O7. The number of benzene rings is 1. The summed E-state index contributed by atoms with van der Waals surface area (Å²) in [6.45, 7) is 15.1. The van der Waals surface area contributed by atoms with Crippen LogP contribution in [0.3, 0.4) is 0 Å². The summed E-state index contributed by atoms with van der Waals surface area (Å²) in [4.78, 5) is 66.8. The Labute approximate surface area is 261 Å². The van der Waals surface area contributed by atoms with Crippen molar-refractivity contribution in [2.45, 2.75) is 104 Å². The van der Waals surface area contributed by atoms with Gasteiger partial charge in [-0.2, -0.15) is 0 Å². The maximum Gasteiger partial charge on any atom is 0.289 e. The normalized spacial score (nSPS) is 16.4. The van der Waals surface area contributed by atoms with Crippen molar-refractivity contribution in [3.05, 3.63) is 42.5 Å². The first-order valence-electron chi connectivity index (χ1n) is 15.3. The van der Waals surface area contributed by atoms with Crippen LogP contribution in [0.2, 0.25) is 0 Å². The molecule has 0 aliphatic carbocycles. The molecule has 1 heterocycles. The van der Waals surface area contributed by atoms with E-state index in [2.05, 4.69) is 22.5 Å². The summed E-state index contributed by atoms with van der Waals surface area (Å²) in [7, 11) is 0. The predicted molar refractivity (Wildman–Crippen MR) is 168 cm³/mol. The molecule has 3 atom stereocenters. The van der Waals surface area contributed by atoms with Crippen molar-refractivity contribution in [2.24, 2.45) is 5.41 Å². The molecular weight excluding hydrogens is 564 g/mol. The van der Waals surface area contributed by atoms with Gasteiger partial charge in [0.2, 0.25) is 23.5 Å². The lowest BCUT2D eigenvalue weighted by molar-refractivity contribution is -0.145. The van der Waals surface area contributed by atoms with Gasteiger partial charge in [-0.1, -0.05) is 52.3 Å². The third kappa shape index (κ3) is 11.4. The Morgan fingerprint density at radius 1 is 1.14 bits per heavy atom. The van der Waals surface area contributed by atoms with E-state index in [1.54, 1.807) is 38.1 Å². The van der Waals surface area contributed by atoms with Crippen molar-refractivity contribution in [1.82, 2.24) is 20.9 Å². The summed E-state index contributed by atoms with van der Waals surface area (Å²) in [6, 6.07) is 4.35. The van der Waals surface area contributed by atoms with E-state index < -0.39 is 46.7 Å². The van der Waals surface area contributed by atoms with E-state index >= 15 is 0 Å². The van der Waals surface area contributed by atoms with E-state index in [4.69, 9.17) is 4.74 Å². The minimum absolute atomic E-state index is 0.0151. The summed E-state index contributed by atoms with van der Waals surface area (Å²) in [5.41, 5.74) is -0.814. The van der Waals surface area contributed by atoms with Crippen molar-refractivity contribution in [3.63, 3.8) is 0 Å². The topological polar surface area (TPSA) is 154 Å². The van der Waals surface area contributed by atoms with E-state index in [0.717, 1.165) is 0 Å². The summed E-state index contributed by atoms with van der Waals surface area (Å²) >= 11 is 0. The molecule has 0 bridgehead atoms. The lowest BCUT2D eigenvalue weighted by Crippen LogP contribution is -2.59. The third-order valence-electron chi connectivity index (χ3n) is 7.34. The van der Waals surface area contributed by atoms with Crippen molar-refractivity contribution in [3.8, 4) is 5.75 Å². The molecule has 0 radical (unpaired) electrons. The summed E-state index contributed by atoms with van der Waals surface area (Å²) < 4.78 is 5.73. The second-order valence-electron chi connectivity index (χ2n) is 13.0. The highest BCUT2D eigenvalue weighted by molar-refractivity contribution is 6.38. The minimum atomic E-state index is -1.01. The van der Waals surface area contributed by atoms with Crippen LogP contribution in [0.15, 0.2) is 36.9 Å². The fourth-order valence-corrected chi connectivity index (χ4v) is 4.91. The van der Waals surface area contributed by atoms with Gasteiger partial charge in [0.15, 0.2) is 0 Å². The molecule has 1 unspecified atom stereocenters.